The molecule has 0 aromatic heterocycles. The Morgan fingerprint density at radius 3 is 2.35 bits per heavy atom. The minimum absolute atomic E-state index is 0.127. The van der Waals surface area contributed by atoms with Gasteiger partial charge in [0.05, 0.1) is 18.5 Å². The zero-order valence-electron chi connectivity index (χ0n) is 10.6. The molecule has 4 nitrogen and oxygen atoms in total. The topological polar surface area (TPSA) is 64.3 Å². The Balaban J connectivity index is 2.23. The van der Waals surface area contributed by atoms with Crippen molar-refractivity contribution >= 4 is 17.3 Å². The van der Waals surface area contributed by atoms with Crippen molar-refractivity contribution in [2.45, 2.75) is 0 Å². The Morgan fingerprint density at radius 1 is 1.15 bits per heavy atom. The summed E-state index contributed by atoms with van der Waals surface area (Å²) in [6, 6.07) is 7.26. The molecule has 0 saturated carbocycles. The summed E-state index contributed by atoms with van der Waals surface area (Å²) in [7, 11) is 1.49. The van der Waals surface area contributed by atoms with Crippen molar-refractivity contribution in [3.63, 3.8) is 0 Å². The average molecular weight is 278 g/mol. The van der Waals surface area contributed by atoms with Gasteiger partial charge in [-0.2, -0.15) is 0 Å². The lowest BCUT2D eigenvalue weighted by Gasteiger charge is -2.09. The number of anilines is 2. The minimum atomic E-state index is -0.821. The van der Waals surface area contributed by atoms with Crippen molar-refractivity contribution in [3.05, 3.63) is 53.6 Å². The fourth-order valence-electron chi connectivity index (χ4n) is 1.66. The molecule has 0 unspecified atom stereocenters. The number of carbonyl (C=O) groups excluding carboxylic acids is 1. The van der Waals surface area contributed by atoms with Crippen LogP contribution in [0.2, 0.25) is 0 Å². The number of carbonyl (C=O) groups is 1. The molecule has 2 aromatic carbocycles. The highest BCUT2D eigenvalue weighted by atomic mass is 19.1. The van der Waals surface area contributed by atoms with Gasteiger partial charge in [0.1, 0.15) is 17.4 Å². The number of methoxy groups -OCH3 is 1. The standard InChI is InChI=1S/C14H12F2N2O2/c1-20-11-2-3-13(12(17)7-11)18-14(19)8-4-9(15)6-10(16)5-8/h2-7H,17H2,1H3,(H,18,19). The van der Waals surface area contributed by atoms with Gasteiger partial charge in [0.25, 0.3) is 5.91 Å². The van der Waals surface area contributed by atoms with Crippen molar-refractivity contribution in [1.82, 2.24) is 0 Å². The Labute approximate surface area is 114 Å². The lowest BCUT2D eigenvalue weighted by atomic mass is 10.2. The van der Waals surface area contributed by atoms with E-state index in [9.17, 15) is 13.6 Å². The molecule has 0 radical (unpaired) electrons. The third-order valence-corrected chi connectivity index (χ3v) is 2.63. The maximum atomic E-state index is 13.0. The van der Waals surface area contributed by atoms with E-state index in [2.05, 4.69) is 5.32 Å². The van der Waals surface area contributed by atoms with Gasteiger partial charge in [-0.05, 0) is 24.3 Å². The minimum Gasteiger partial charge on any atom is -0.497 e. The molecule has 0 aliphatic heterocycles. The number of nitrogens with two attached hydrogens (primary N) is 1. The summed E-state index contributed by atoms with van der Waals surface area (Å²) in [5.41, 5.74) is 6.23. The van der Waals surface area contributed by atoms with Crippen LogP contribution in [0.1, 0.15) is 10.4 Å². The molecular formula is C14H12F2N2O2. The predicted octanol–water partition coefficient (Wildman–Crippen LogP) is 2.81. The van der Waals surface area contributed by atoms with Gasteiger partial charge in [-0.3, -0.25) is 4.79 Å². The molecule has 0 aliphatic rings. The van der Waals surface area contributed by atoms with Gasteiger partial charge in [-0.15, -0.1) is 0 Å². The van der Waals surface area contributed by atoms with Gasteiger partial charge in [-0.25, -0.2) is 8.78 Å². The molecule has 0 aliphatic carbocycles. The molecule has 0 atom stereocenters. The number of hydrogen-bond acceptors (Lipinski definition) is 3. The van der Waals surface area contributed by atoms with Gasteiger partial charge >= 0.3 is 0 Å². The quantitative estimate of drug-likeness (QED) is 0.848. The van der Waals surface area contributed by atoms with Crippen LogP contribution >= 0.6 is 0 Å². The molecule has 0 saturated heterocycles. The second-order valence-corrected chi connectivity index (χ2v) is 4.07. The number of rotatable bonds is 3. The first-order valence-electron chi connectivity index (χ1n) is 5.70. The Kier molecular flexibility index (Phi) is 3.84. The van der Waals surface area contributed by atoms with Gasteiger partial charge in [0, 0.05) is 17.7 Å². The average Bonchev–Trinajstić information content (AvgIpc) is 2.39. The predicted molar refractivity (Wildman–Crippen MR) is 71.7 cm³/mol. The Hall–Kier alpha value is -2.63. The molecule has 1 amide bonds. The van der Waals surface area contributed by atoms with Crippen LogP contribution in [0.5, 0.6) is 5.75 Å². The fraction of sp³-hybridized carbons (Fsp3) is 0.0714. The van der Waals surface area contributed by atoms with Gasteiger partial charge in [-0.1, -0.05) is 0 Å². The maximum absolute atomic E-state index is 13.0. The fourth-order valence-corrected chi connectivity index (χ4v) is 1.66. The highest BCUT2D eigenvalue weighted by molar-refractivity contribution is 6.05. The number of benzene rings is 2. The summed E-state index contributed by atoms with van der Waals surface area (Å²) in [6.45, 7) is 0. The number of nitrogens with one attached hydrogen (secondary N) is 1. The maximum Gasteiger partial charge on any atom is 0.255 e. The summed E-state index contributed by atoms with van der Waals surface area (Å²) in [5, 5.41) is 2.48. The second-order valence-electron chi connectivity index (χ2n) is 4.07. The smallest absolute Gasteiger partial charge is 0.255 e. The van der Waals surface area contributed by atoms with E-state index in [0.717, 1.165) is 12.1 Å². The van der Waals surface area contributed by atoms with Crippen LogP contribution in [-0.4, -0.2) is 13.0 Å². The number of ether oxygens (including phenoxy) is 1. The first-order chi connectivity index (χ1) is 9.49. The zero-order valence-corrected chi connectivity index (χ0v) is 10.6. The molecule has 3 N–H and O–H groups in total. The Morgan fingerprint density at radius 2 is 1.80 bits per heavy atom. The number of amides is 1. The van der Waals surface area contributed by atoms with E-state index < -0.39 is 17.5 Å². The summed E-state index contributed by atoms with van der Waals surface area (Å²) in [6.07, 6.45) is 0. The molecule has 0 bridgehead atoms. The van der Waals surface area contributed by atoms with Crippen LogP contribution in [0.4, 0.5) is 20.2 Å². The monoisotopic (exact) mass is 278 g/mol. The molecule has 2 aromatic rings. The van der Waals surface area contributed by atoms with Crippen LogP contribution in [-0.2, 0) is 0 Å². The van der Waals surface area contributed by atoms with Gasteiger partial charge in [0.15, 0.2) is 0 Å². The third kappa shape index (κ3) is 3.03. The van der Waals surface area contributed by atoms with E-state index >= 15 is 0 Å². The first-order valence-corrected chi connectivity index (χ1v) is 5.70. The first kappa shape index (κ1) is 13.8. The normalized spacial score (nSPS) is 10.2. The SMILES string of the molecule is COc1ccc(NC(=O)c2cc(F)cc(F)c2)c(N)c1. The summed E-state index contributed by atoms with van der Waals surface area (Å²) < 4.78 is 31.1. The zero-order chi connectivity index (χ0) is 14.7. The van der Waals surface area contributed by atoms with Crippen LogP contribution in [0.15, 0.2) is 36.4 Å². The van der Waals surface area contributed by atoms with Crippen LogP contribution in [0.25, 0.3) is 0 Å². The van der Waals surface area contributed by atoms with Crippen molar-refractivity contribution in [1.29, 1.82) is 0 Å². The van der Waals surface area contributed by atoms with Crippen molar-refractivity contribution in [2.75, 3.05) is 18.2 Å². The molecule has 2 rings (SSSR count). The molecule has 20 heavy (non-hydrogen) atoms. The van der Waals surface area contributed by atoms with Crippen molar-refractivity contribution in [3.8, 4) is 5.75 Å². The molecular weight excluding hydrogens is 266 g/mol. The van der Waals surface area contributed by atoms with E-state index in [1.807, 2.05) is 0 Å². The summed E-state index contributed by atoms with van der Waals surface area (Å²) >= 11 is 0. The molecule has 0 heterocycles. The molecule has 6 heteroatoms. The lowest BCUT2D eigenvalue weighted by molar-refractivity contribution is 0.102. The van der Waals surface area contributed by atoms with Crippen LogP contribution in [0, 0.1) is 11.6 Å². The second kappa shape index (κ2) is 5.56. The summed E-state index contributed by atoms with van der Waals surface area (Å²) in [5.74, 6) is -1.76. The molecule has 104 valence electrons. The third-order valence-electron chi connectivity index (χ3n) is 2.63. The lowest BCUT2D eigenvalue weighted by Crippen LogP contribution is -2.13. The number of nitrogen functional groups attached to an aromatic ring is 1. The highest BCUT2D eigenvalue weighted by Gasteiger charge is 2.11. The molecule has 0 spiro atoms. The van der Waals surface area contributed by atoms with Crippen molar-refractivity contribution < 1.29 is 18.3 Å². The summed E-state index contributed by atoms with van der Waals surface area (Å²) in [4.78, 5) is 11.9. The largest absolute Gasteiger partial charge is 0.497 e. The van der Waals surface area contributed by atoms with Crippen molar-refractivity contribution in [2.24, 2.45) is 0 Å². The highest BCUT2D eigenvalue weighted by Crippen LogP contribution is 2.24. The van der Waals surface area contributed by atoms with E-state index in [-0.39, 0.29) is 11.3 Å². The number of hydrogen-bond donors (Lipinski definition) is 2. The number of halogens is 2. The van der Waals surface area contributed by atoms with E-state index in [1.54, 1.807) is 12.1 Å². The van der Waals surface area contributed by atoms with Gasteiger partial charge in [0.2, 0.25) is 0 Å². The van der Waals surface area contributed by atoms with E-state index in [1.165, 1.54) is 13.2 Å². The van der Waals surface area contributed by atoms with Crippen LogP contribution < -0.4 is 15.8 Å². The van der Waals surface area contributed by atoms with Crippen LogP contribution in [0.3, 0.4) is 0 Å². The van der Waals surface area contributed by atoms with E-state index in [4.69, 9.17) is 10.5 Å². The van der Waals surface area contributed by atoms with E-state index in [0.29, 0.717) is 17.5 Å². The Bertz CT molecular complexity index is 639. The van der Waals surface area contributed by atoms with Gasteiger partial charge < -0.3 is 15.8 Å². The molecule has 0 fully saturated rings.